The summed E-state index contributed by atoms with van der Waals surface area (Å²) in [5, 5.41) is 3.40. The van der Waals surface area contributed by atoms with Gasteiger partial charge in [-0.1, -0.05) is 32.0 Å². The van der Waals surface area contributed by atoms with Crippen molar-refractivity contribution in [3.8, 4) is 11.5 Å². The van der Waals surface area contributed by atoms with Gasteiger partial charge in [-0.3, -0.25) is 0 Å². The van der Waals surface area contributed by atoms with Gasteiger partial charge < -0.3 is 19.5 Å². The summed E-state index contributed by atoms with van der Waals surface area (Å²) in [7, 11) is 1.54. The minimum absolute atomic E-state index is 0.307. The van der Waals surface area contributed by atoms with Crippen molar-refractivity contribution in [3.63, 3.8) is 0 Å². The summed E-state index contributed by atoms with van der Waals surface area (Å²) in [5.41, 5.74) is 4.26. The van der Waals surface area contributed by atoms with Gasteiger partial charge in [0.1, 0.15) is 18.1 Å². The largest absolute Gasteiger partial charge is 0.493 e. The number of hydrogen-bond donors (Lipinski definition) is 1. The van der Waals surface area contributed by atoms with Crippen LogP contribution in [0.1, 0.15) is 37.5 Å². The summed E-state index contributed by atoms with van der Waals surface area (Å²) in [4.78, 5) is 0. The molecular weight excluding hydrogens is 346 g/mol. The second kappa shape index (κ2) is 10.0. The number of rotatable bonds is 8. The lowest BCUT2D eigenvalue weighted by Crippen LogP contribution is -2.14. The number of anilines is 1. The molecule has 26 heavy (non-hydrogen) atoms. The minimum atomic E-state index is 0.307. The number of thiocarbonyl (C=S) groups is 1. The SMILES string of the molecule is CCOc1cccc(NC(=S)OC)c1COc1ccc(CC)cc1CC. The molecule has 0 aliphatic heterocycles. The van der Waals surface area contributed by atoms with E-state index in [-0.39, 0.29) is 0 Å². The van der Waals surface area contributed by atoms with Gasteiger partial charge in [-0.15, -0.1) is 0 Å². The van der Waals surface area contributed by atoms with E-state index >= 15 is 0 Å². The molecule has 0 heterocycles. The molecule has 0 atom stereocenters. The van der Waals surface area contributed by atoms with Crippen LogP contribution < -0.4 is 14.8 Å². The highest BCUT2D eigenvalue weighted by Crippen LogP contribution is 2.30. The first kappa shape index (κ1) is 20.0. The molecule has 2 aromatic carbocycles. The number of nitrogens with one attached hydrogen (secondary N) is 1. The third kappa shape index (κ3) is 5.11. The molecule has 0 amide bonds. The molecule has 2 rings (SSSR count). The molecule has 0 spiro atoms. The standard InChI is InChI=1S/C21H27NO3S/c1-5-15-11-12-19(16(6-2)13-15)25-14-17-18(22-21(26)23-4)9-8-10-20(17)24-7-3/h8-13H,5-7,14H2,1-4H3,(H,22,26). The van der Waals surface area contributed by atoms with Crippen molar-refractivity contribution in [2.24, 2.45) is 0 Å². The fraction of sp³-hybridized carbons (Fsp3) is 0.381. The fourth-order valence-corrected chi connectivity index (χ4v) is 2.81. The molecule has 0 saturated carbocycles. The van der Waals surface area contributed by atoms with Crippen LogP contribution in [-0.2, 0) is 24.2 Å². The Morgan fingerprint density at radius 1 is 1.00 bits per heavy atom. The van der Waals surface area contributed by atoms with Gasteiger partial charge in [0.2, 0.25) is 0 Å². The van der Waals surface area contributed by atoms with Crippen molar-refractivity contribution in [3.05, 3.63) is 53.1 Å². The van der Waals surface area contributed by atoms with Crippen LogP contribution in [0.15, 0.2) is 36.4 Å². The second-order valence-corrected chi connectivity index (χ2v) is 6.14. The Kier molecular flexibility index (Phi) is 7.73. The maximum Gasteiger partial charge on any atom is 0.260 e. The van der Waals surface area contributed by atoms with Crippen LogP contribution in [-0.4, -0.2) is 18.9 Å². The zero-order valence-corrected chi connectivity index (χ0v) is 16.7. The Morgan fingerprint density at radius 3 is 2.46 bits per heavy atom. The summed E-state index contributed by atoms with van der Waals surface area (Å²) < 4.78 is 17.0. The van der Waals surface area contributed by atoms with Crippen molar-refractivity contribution < 1.29 is 14.2 Å². The number of ether oxygens (including phenoxy) is 3. The molecule has 0 saturated heterocycles. The van der Waals surface area contributed by atoms with Crippen molar-refractivity contribution in [2.75, 3.05) is 19.0 Å². The lowest BCUT2D eigenvalue weighted by molar-refractivity contribution is 0.285. The molecular formula is C21H27NO3S. The molecule has 0 aliphatic rings. The van der Waals surface area contributed by atoms with Gasteiger partial charge in [0.15, 0.2) is 0 Å². The average Bonchev–Trinajstić information content (AvgIpc) is 2.67. The summed E-state index contributed by atoms with van der Waals surface area (Å²) in [6.07, 6.45) is 1.94. The fourth-order valence-electron chi connectivity index (χ4n) is 2.70. The van der Waals surface area contributed by atoms with E-state index in [0.717, 1.165) is 35.6 Å². The van der Waals surface area contributed by atoms with Gasteiger partial charge in [0.05, 0.1) is 25.0 Å². The van der Waals surface area contributed by atoms with E-state index in [0.29, 0.717) is 18.4 Å². The molecule has 0 aromatic heterocycles. The first-order valence-corrected chi connectivity index (χ1v) is 9.37. The molecule has 2 aromatic rings. The van der Waals surface area contributed by atoms with Crippen LogP contribution >= 0.6 is 12.2 Å². The number of hydrogen-bond acceptors (Lipinski definition) is 4. The van der Waals surface area contributed by atoms with Gasteiger partial charge in [-0.05, 0) is 61.3 Å². The third-order valence-electron chi connectivity index (χ3n) is 4.14. The minimum Gasteiger partial charge on any atom is -0.493 e. The van der Waals surface area contributed by atoms with Crippen LogP contribution in [0.5, 0.6) is 11.5 Å². The highest BCUT2D eigenvalue weighted by atomic mass is 32.1. The maximum absolute atomic E-state index is 6.15. The van der Waals surface area contributed by atoms with E-state index < -0.39 is 0 Å². The zero-order valence-electron chi connectivity index (χ0n) is 15.9. The van der Waals surface area contributed by atoms with Crippen molar-refractivity contribution in [2.45, 2.75) is 40.2 Å². The molecule has 0 fully saturated rings. The van der Waals surface area contributed by atoms with E-state index in [9.17, 15) is 0 Å². The highest BCUT2D eigenvalue weighted by Gasteiger charge is 2.13. The summed E-state index contributed by atoms with van der Waals surface area (Å²) in [6, 6.07) is 12.2. The predicted molar refractivity (Wildman–Crippen MR) is 110 cm³/mol. The average molecular weight is 374 g/mol. The first-order chi connectivity index (χ1) is 12.6. The zero-order chi connectivity index (χ0) is 18.9. The Morgan fingerprint density at radius 2 is 1.81 bits per heavy atom. The van der Waals surface area contributed by atoms with E-state index in [1.165, 1.54) is 11.1 Å². The number of methoxy groups -OCH3 is 1. The van der Waals surface area contributed by atoms with Gasteiger partial charge in [-0.25, -0.2) is 0 Å². The van der Waals surface area contributed by atoms with E-state index in [2.05, 4.69) is 31.3 Å². The topological polar surface area (TPSA) is 39.7 Å². The van der Waals surface area contributed by atoms with Crippen LogP contribution in [0.25, 0.3) is 0 Å². The smallest absolute Gasteiger partial charge is 0.260 e. The number of benzene rings is 2. The molecule has 0 bridgehead atoms. The van der Waals surface area contributed by atoms with Crippen molar-refractivity contribution in [1.82, 2.24) is 0 Å². The molecule has 4 nitrogen and oxygen atoms in total. The summed E-state index contributed by atoms with van der Waals surface area (Å²) in [6.45, 7) is 7.22. The molecule has 5 heteroatoms. The van der Waals surface area contributed by atoms with E-state index in [4.69, 9.17) is 26.4 Å². The van der Waals surface area contributed by atoms with Gasteiger partial charge in [-0.2, -0.15) is 0 Å². The Balaban J connectivity index is 2.28. The first-order valence-electron chi connectivity index (χ1n) is 8.97. The second-order valence-electron chi connectivity index (χ2n) is 5.77. The molecule has 0 aliphatic carbocycles. The Hall–Kier alpha value is -2.27. The number of aryl methyl sites for hydroxylation is 2. The van der Waals surface area contributed by atoms with Gasteiger partial charge >= 0.3 is 0 Å². The Bertz CT molecular complexity index is 746. The monoisotopic (exact) mass is 373 g/mol. The third-order valence-corrected chi connectivity index (χ3v) is 4.41. The highest BCUT2D eigenvalue weighted by molar-refractivity contribution is 7.80. The molecule has 140 valence electrons. The predicted octanol–water partition coefficient (Wildman–Crippen LogP) is 5.13. The van der Waals surface area contributed by atoms with Crippen LogP contribution in [0.3, 0.4) is 0 Å². The molecule has 0 radical (unpaired) electrons. The maximum atomic E-state index is 6.15. The molecule has 1 N–H and O–H groups in total. The summed E-state index contributed by atoms with van der Waals surface area (Å²) >= 11 is 5.13. The Labute approximate surface area is 161 Å². The van der Waals surface area contributed by atoms with Gasteiger partial charge in [0.25, 0.3) is 5.17 Å². The van der Waals surface area contributed by atoms with E-state index in [1.807, 2.05) is 31.2 Å². The van der Waals surface area contributed by atoms with Crippen LogP contribution in [0, 0.1) is 0 Å². The van der Waals surface area contributed by atoms with Crippen molar-refractivity contribution in [1.29, 1.82) is 0 Å². The van der Waals surface area contributed by atoms with Crippen molar-refractivity contribution >= 4 is 23.1 Å². The van der Waals surface area contributed by atoms with Crippen LogP contribution in [0.4, 0.5) is 5.69 Å². The lowest BCUT2D eigenvalue weighted by Gasteiger charge is -2.18. The normalized spacial score (nSPS) is 10.3. The molecule has 0 unspecified atom stereocenters. The van der Waals surface area contributed by atoms with E-state index in [1.54, 1.807) is 7.11 Å². The van der Waals surface area contributed by atoms with Crippen LogP contribution in [0.2, 0.25) is 0 Å². The van der Waals surface area contributed by atoms with Gasteiger partial charge in [0, 0.05) is 0 Å². The lowest BCUT2D eigenvalue weighted by atomic mass is 10.1. The quantitative estimate of drug-likeness (QED) is 0.649. The summed E-state index contributed by atoms with van der Waals surface area (Å²) in [5.74, 6) is 1.68.